The van der Waals surface area contributed by atoms with Gasteiger partial charge in [-0.25, -0.2) is 0 Å². The summed E-state index contributed by atoms with van der Waals surface area (Å²) in [7, 11) is 0. The van der Waals surface area contributed by atoms with E-state index in [1.165, 1.54) is 44.5 Å². The minimum atomic E-state index is 0.178. The van der Waals surface area contributed by atoms with E-state index in [0.29, 0.717) is 0 Å². The van der Waals surface area contributed by atoms with Gasteiger partial charge in [0.2, 0.25) is 0 Å². The molecule has 0 heterocycles. The van der Waals surface area contributed by atoms with E-state index in [9.17, 15) is 0 Å². The van der Waals surface area contributed by atoms with Crippen molar-refractivity contribution in [2.75, 3.05) is 0 Å². The maximum atomic E-state index is 2.28. The Morgan fingerprint density at radius 2 is 0.897 bits per heavy atom. The Bertz CT molecular complexity index is 1050. The summed E-state index contributed by atoms with van der Waals surface area (Å²) < 4.78 is 0. The molecule has 0 nitrogen and oxygen atoms in total. The van der Waals surface area contributed by atoms with Crippen molar-refractivity contribution in [3.05, 3.63) is 95.4 Å². The summed E-state index contributed by atoms with van der Waals surface area (Å²) in [5.41, 5.74) is 10.9. The molecule has 0 saturated carbocycles. The van der Waals surface area contributed by atoms with Gasteiger partial charge in [0.25, 0.3) is 0 Å². The first-order valence-electron chi connectivity index (χ1n) is 10.5. The second-order valence-electron chi connectivity index (χ2n) is 10.2. The van der Waals surface area contributed by atoms with E-state index in [-0.39, 0.29) is 10.8 Å². The van der Waals surface area contributed by atoms with E-state index in [1.54, 1.807) is 0 Å². The van der Waals surface area contributed by atoms with Crippen molar-refractivity contribution in [2.45, 2.75) is 52.4 Å². The molecular formula is C29H31. The molecule has 0 spiro atoms. The summed E-state index contributed by atoms with van der Waals surface area (Å²) in [5.74, 6) is 0. The Morgan fingerprint density at radius 3 is 1.31 bits per heavy atom. The van der Waals surface area contributed by atoms with Crippen LogP contribution in [0.5, 0.6) is 0 Å². The molecule has 0 aliphatic heterocycles. The second kappa shape index (κ2) is 7.02. The highest BCUT2D eigenvalue weighted by Crippen LogP contribution is 2.39. The van der Waals surface area contributed by atoms with Gasteiger partial charge in [-0.2, -0.15) is 0 Å². The molecular weight excluding hydrogens is 348 g/mol. The first-order valence-corrected chi connectivity index (χ1v) is 10.5. The lowest BCUT2D eigenvalue weighted by Gasteiger charge is -2.20. The fourth-order valence-corrected chi connectivity index (χ4v) is 4.04. The number of allylic oxidation sites excluding steroid dienone is 1. The minimum Gasteiger partial charge on any atom is -0.0754 e. The van der Waals surface area contributed by atoms with Crippen molar-refractivity contribution >= 4 is 6.08 Å². The van der Waals surface area contributed by atoms with Crippen LogP contribution >= 0.6 is 0 Å². The molecule has 0 aromatic heterocycles. The number of hydrogen-bond acceptors (Lipinski definition) is 0. The normalized spacial score (nSPS) is 13.6. The zero-order valence-electron chi connectivity index (χ0n) is 18.5. The van der Waals surface area contributed by atoms with Gasteiger partial charge in [0.1, 0.15) is 0 Å². The largest absolute Gasteiger partial charge is 0.0754 e. The van der Waals surface area contributed by atoms with Crippen LogP contribution in [0.25, 0.3) is 28.3 Å². The summed E-state index contributed by atoms with van der Waals surface area (Å²) in [4.78, 5) is 0. The summed E-state index contributed by atoms with van der Waals surface area (Å²) in [6.07, 6.45) is 6.66. The van der Waals surface area contributed by atoms with Crippen LogP contribution in [0.4, 0.5) is 0 Å². The topological polar surface area (TPSA) is 0 Å². The molecule has 4 rings (SSSR count). The van der Waals surface area contributed by atoms with Crippen molar-refractivity contribution < 1.29 is 0 Å². The number of rotatable bonds is 2. The van der Waals surface area contributed by atoms with E-state index >= 15 is 0 Å². The molecule has 3 aromatic carbocycles. The maximum absolute atomic E-state index is 2.28. The van der Waals surface area contributed by atoms with Crippen LogP contribution < -0.4 is 0 Å². The first-order chi connectivity index (χ1) is 13.6. The van der Waals surface area contributed by atoms with Gasteiger partial charge in [-0.05, 0) is 55.3 Å². The highest BCUT2D eigenvalue weighted by atomic mass is 14.2. The Kier molecular flexibility index (Phi) is 4.77. The Labute approximate surface area is 176 Å². The molecule has 29 heavy (non-hydrogen) atoms. The lowest BCUT2D eigenvalue weighted by Crippen LogP contribution is -2.10. The molecule has 1 radical (unpaired) electrons. The van der Waals surface area contributed by atoms with Gasteiger partial charge in [-0.15, -0.1) is 0 Å². The van der Waals surface area contributed by atoms with Crippen LogP contribution in [0.1, 0.15) is 63.8 Å². The quantitative estimate of drug-likeness (QED) is 0.421. The van der Waals surface area contributed by atoms with Crippen molar-refractivity contribution in [1.29, 1.82) is 0 Å². The molecule has 0 unspecified atom stereocenters. The SMILES string of the molecule is CC(C)(C)c1ccc(-c2ccc(-c3ccc(C(C)(C)C)cc3)c3c2[CH]C=C3)cc1. The molecule has 0 fully saturated rings. The summed E-state index contributed by atoms with van der Waals surface area (Å²) >= 11 is 0. The van der Waals surface area contributed by atoms with Gasteiger partial charge in [-0.1, -0.05) is 114 Å². The monoisotopic (exact) mass is 379 g/mol. The first kappa shape index (κ1) is 19.7. The van der Waals surface area contributed by atoms with Gasteiger partial charge in [0.05, 0.1) is 0 Å². The third-order valence-electron chi connectivity index (χ3n) is 5.94. The highest BCUT2D eigenvalue weighted by molar-refractivity contribution is 5.88. The summed E-state index contributed by atoms with van der Waals surface area (Å²) in [6.45, 7) is 13.6. The van der Waals surface area contributed by atoms with Crippen molar-refractivity contribution in [3.63, 3.8) is 0 Å². The molecule has 0 bridgehead atoms. The van der Waals surface area contributed by atoms with Crippen molar-refractivity contribution in [3.8, 4) is 22.3 Å². The lowest BCUT2D eigenvalue weighted by atomic mass is 9.84. The molecule has 0 amide bonds. The number of fused-ring (bicyclic) bond motifs is 1. The highest BCUT2D eigenvalue weighted by Gasteiger charge is 2.19. The minimum absolute atomic E-state index is 0.178. The Morgan fingerprint density at radius 1 is 0.483 bits per heavy atom. The second-order valence-corrected chi connectivity index (χ2v) is 10.2. The van der Waals surface area contributed by atoms with Gasteiger partial charge in [0, 0.05) is 6.42 Å². The number of benzene rings is 3. The van der Waals surface area contributed by atoms with E-state index in [4.69, 9.17) is 0 Å². The van der Waals surface area contributed by atoms with Gasteiger partial charge in [-0.3, -0.25) is 0 Å². The van der Waals surface area contributed by atoms with Crippen LogP contribution in [0.2, 0.25) is 0 Å². The predicted octanol–water partition coefficient (Wildman–Crippen LogP) is 8.19. The lowest BCUT2D eigenvalue weighted by molar-refractivity contribution is 0.590. The van der Waals surface area contributed by atoms with E-state index < -0.39 is 0 Å². The fourth-order valence-electron chi connectivity index (χ4n) is 4.04. The average molecular weight is 380 g/mol. The van der Waals surface area contributed by atoms with E-state index in [2.05, 4.69) is 121 Å². The predicted molar refractivity (Wildman–Crippen MR) is 127 cm³/mol. The standard InChI is InChI=1S/C29H31/c1-28(2,3)22-14-10-20(11-15-22)24-18-19-25(27-9-7-8-26(24)27)21-12-16-23(17-13-21)29(4,5)6/h7-19H,1-6H3. The molecule has 1 aliphatic rings. The fraction of sp³-hybridized carbons (Fsp3) is 0.276. The van der Waals surface area contributed by atoms with Crippen LogP contribution in [0.3, 0.4) is 0 Å². The third kappa shape index (κ3) is 3.81. The zero-order chi connectivity index (χ0) is 20.8. The molecule has 0 saturated heterocycles. The summed E-state index contributed by atoms with van der Waals surface area (Å²) in [6, 6.07) is 22.7. The van der Waals surface area contributed by atoms with Gasteiger partial charge >= 0.3 is 0 Å². The molecule has 3 aromatic rings. The average Bonchev–Trinajstić information content (AvgIpc) is 3.16. The smallest absolute Gasteiger partial charge is 0.0138 e. The molecule has 0 atom stereocenters. The van der Waals surface area contributed by atoms with Gasteiger partial charge in [0.15, 0.2) is 0 Å². The van der Waals surface area contributed by atoms with Crippen LogP contribution in [0, 0.1) is 6.42 Å². The maximum Gasteiger partial charge on any atom is 0.0138 e. The van der Waals surface area contributed by atoms with Crippen molar-refractivity contribution in [2.24, 2.45) is 0 Å². The molecule has 147 valence electrons. The zero-order valence-corrected chi connectivity index (χ0v) is 18.5. The van der Waals surface area contributed by atoms with Crippen LogP contribution in [-0.2, 0) is 10.8 Å². The van der Waals surface area contributed by atoms with Crippen LogP contribution in [0.15, 0.2) is 66.7 Å². The van der Waals surface area contributed by atoms with E-state index in [0.717, 1.165) is 0 Å². The number of hydrogen-bond donors (Lipinski definition) is 0. The Hall–Kier alpha value is -2.60. The summed E-state index contributed by atoms with van der Waals surface area (Å²) in [5, 5.41) is 0. The van der Waals surface area contributed by atoms with Gasteiger partial charge < -0.3 is 0 Å². The Balaban J connectivity index is 1.74. The van der Waals surface area contributed by atoms with E-state index in [1.807, 2.05) is 0 Å². The third-order valence-corrected chi connectivity index (χ3v) is 5.94. The van der Waals surface area contributed by atoms with Crippen LogP contribution in [-0.4, -0.2) is 0 Å². The van der Waals surface area contributed by atoms with Crippen molar-refractivity contribution in [1.82, 2.24) is 0 Å². The molecule has 1 aliphatic carbocycles. The molecule has 0 N–H and O–H groups in total. The molecule has 0 heteroatoms.